The van der Waals surface area contributed by atoms with E-state index in [4.69, 9.17) is 9.05 Å². The second kappa shape index (κ2) is 40.4. The van der Waals surface area contributed by atoms with E-state index in [1.165, 1.54) is 128 Å². The van der Waals surface area contributed by atoms with Gasteiger partial charge in [0.15, 0.2) is 0 Å². The summed E-state index contributed by atoms with van der Waals surface area (Å²) in [6.07, 6.45) is 33.7. The number of hydrogen-bond acceptors (Lipinski definition) is 11. The SMILES string of the molecule is CCCCCCCCCCCC/C=C\CCCCCCCC(O)CC(=O)NC(COP(=O)(O)OC1C(O)C(O)C(O)C(O)C1O)C(O)/C=C/CC/C=C/CCCCCCCCCCCC. The molecule has 8 unspecified atom stereocenters. The molecule has 0 aromatic carbocycles. The normalized spacial score (nSPS) is 22.8. The minimum absolute atomic E-state index is 0.257. The number of unbranched alkanes of at least 4 members (excludes halogenated alkanes) is 26. The van der Waals surface area contributed by atoms with Gasteiger partial charge in [-0.3, -0.25) is 13.8 Å². The highest BCUT2D eigenvalue weighted by molar-refractivity contribution is 7.47. The van der Waals surface area contributed by atoms with Crippen LogP contribution in [0.3, 0.4) is 0 Å². The first-order valence-electron chi connectivity index (χ1n) is 26.0. The van der Waals surface area contributed by atoms with Gasteiger partial charge in [-0.2, -0.15) is 0 Å². The Hall–Kier alpha value is -1.48. The van der Waals surface area contributed by atoms with Crippen LogP contribution in [-0.2, 0) is 18.4 Å². The maximum Gasteiger partial charge on any atom is 0.472 e. The molecule has 0 heterocycles. The van der Waals surface area contributed by atoms with E-state index >= 15 is 0 Å². The lowest BCUT2D eigenvalue weighted by atomic mass is 9.85. The van der Waals surface area contributed by atoms with Gasteiger partial charge in [0.1, 0.15) is 36.6 Å². The van der Waals surface area contributed by atoms with Gasteiger partial charge in [-0.25, -0.2) is 4.57 Å². The lowest BCUT2D eigenvalue weighted by Gasteiger charge is -2.41. The van der Waals surface area contributed by atoms with E-state index in [1.807, 2.05) is 0 Å². The lowest BCUT2D eigenvalue weighted by Crippen LogP contribution is -2.64. The number of rotatable bonds is 43. The molecule has 65 heavy (non-hydrogen) atoms. The Kier molecular flexibility index (Phi) is 38.3. The van der Waals surface area contributed by atoms with Crippen molar-refractivity contribution in [2.75, 3.05) is 6.61 Å². The molecule has 382 valence electrons. The number of aliphatic hydroxyl groups excluding tert-OH is 7. The smallest absolute Gasteiger partial charge is 0.393 e. The molecule has 14 heteroatoms. The van der Waals surface area contributed by atoms with Crippen LogP contribution >= 0.6 is 7.82 Å². The standard InChI is InChI=1S/C51H96NO12P/c1-3-5-7-9-11-13-15-17-19-21-22-23-24-26-28-30-32-34-36-38-42(53)40-45(55)52-43(41-63-65(61,62)64-51-49(59)47(57)46(56)48(58)50(51)60)44(54)39-37-35-33-31-29-27-25-20-18-16-14-12-10-8-6-4-2/h23-24,29,31,37,39,42-44,46-51,53-54,56-60H,3-22,25-28,30,32-36,38,40-41H2,1-2H3,(H,52,55)(H,61,62)/b24-23-,31-29+,39-37+. The molecule has 1 fully saturated rings. The second-order valence-corrected chi connectivity index (χ2v) is 20.0. The predicted octanol–water partition coefficient (Wildman–Crippen LogP) is 9.70. The fraction of sp³-hybridized carbons (Fsp3) is 0.863. The van der Waals surface area contributed by atoms with Crippen molar-refractivity contribution in [3.63, 3.8) is 0 Å². The Bertz CT molecular complexity index is 1250. The fourth-order valence-corrected chi connectivity index (χ4v) is 9.16. The van der Waals surface area contributed by atoms with Gasteiger partial charge in [0, 0.05) is 0 Å². The van der Waals surface area contributed by atoms with E-state index < -0.39 is 75.2 Å². The number of carbonyl (C=O) groups is 1. The number of nitrogens with one attached hydrogen (secondary N) is 1. The zero-order valence-electron chi connectivity index (χ0n) is 40.7. The summed E-state index contributed by atoms with van der Waals surface area (Å²) in [7, 11) is -5.15. The first kappa shape index (κ1) is 61.5. The van der Waals surface area contributed by atoms with Crippen molar-refractivity contribution >= 4 is 13.7 Å². The van der Waals surface area contributed by atoms with Gasteiger partial charge in [-0.15, -0.1) is 0 Å². The van der Waals surface area contributed by atoms with Gasteiger partial charge in [-0.1, -0.05) is 192 Å². The van der Waals surface area contributed by atoms with Gasteiger partial charge in [0.05, 0.1) is 31.3 Å². The molecule has 0 aromatic heterocycles. The first-order valence-corrected chi connectivity index (χ1v) is 27.5. The summed E-state index contributed by atoms with van der Waals surface area (Å²) in [6.45, 7) is 3.74. The monoisotopic (exact) mass is 946 g/mol. The summed E-state index contributed by atoms with van der Waals surface area (Å²) in [5.74, 6) is -0.606. The number of aliphatic hydroxyl groups is 7. The number of amides is 1. The molecule has 0 aliphatic heterocycles. The van der Waals surface area contributed by atoms with Crippen molar-refractivity contribution < 1.29 is 59.0 Å². The first-order chi connectivity index (χ1) is 31.3. The number of hydrogen-bond donors (Lipinski definition) is 9. The topological polar surface area (TPSA) is 226 Å². The van der Waals surface area contributed by atoms with E-state index in [0.29, 0.717) is 12.8 Å². The second-order valence-electron chi connectivity index (χ2n) is 18.5. The average molecular weight is 946 g/mol. The molecule has 8 atom stereocenters. The molecule has 1 aliphatic carbocycles. The third-order valence-corrected chi connectivity index (χ3v) is 13.4. The highest BCUT2D eigenvalue weighted by Crippen LogP contribution is 2.47. The summed E-state index contributed by atoms with van der Waals surface area (Å²) < 4.78 is 22.9. The van der Waals surface area contributed by atoms with Gasteiger partial charge < -0.3 is 46.0 Å². The Balaban J connectivity index is 2.50. The zero-order valence-corrected chi connectivity index (χ0v) is 41.5. The van der Waals surface area contributed by atoms with Crippen LogP contribution in [0.4, 0.5) is 0 Å². The summed E-state index contributed by atoms with van der Waals surface area (Å²) >= 11 is 0. The van der Waals surface area contributed by atoms with Gasteiger partial charge >= 0.3 is 7.82 Å². The maximum atomic E-state index is 13.0. The van der Waals surface area contributed by atoms with Crippen molar-refractivity contribution in [2.45, 2.75) is 274 Å². The molecule has 1 aliphatic rings. The molecular weight excluding hydrogens is 850 g/mol. The van der Waals surface area contributed by atoms with E-state index in [9.17, 15) is 50.0 Å². The van der Waals surface area contributed by atoms with Crippen LogP contribution in [0.2, 0.25) is 0 Å². The van der Waals surface area contributed by atoms with E-state index in [-0.39, 0.29) is 6.42 Å². The number of phosphoric acid groups is 1. The van der Waals surface area contributed by atoms with E-state index in [2.05, 4.69) is 43.5 Å². The van der Waals surface area contributed by atoms with Crippen LogP contribution in [0.1, 0.15) is 219 Å². The zero-order chi connectivity index (χ0) is 48.0. The van der Waals surface area contributed by atoms with Crippen molar-refractivity contribution in [3.05, 3.63) is 36.5 Å². The van der Waals surface area contributed by atoms with Crippen molar-refractivity contribution in [2.24, 2.45) is 0 Å². The van der Waals surface area contributed by atoms with Crippen LogP contribution in [0, 0.1) is 0 Å². The van der Waals surface area contributed by atoms with Crippen molar-refractivity contribution in [3.8, 4) is 0 Å². The Morgan fingerprint density at radius 2 is 0.908 bits per heavy atom. The van der Waals surface area contributed by atoms with Gasteiger partial charge in [-0.05, 0) is 57.8 Å². The van der Waals surface area contributed by atoms with Crippen molar-refractivity contribution in [1.82, 2.24) is 5.32 Å². The largest absolute Gasteiger partial charge is 0.472 e. The van der Waals surface area contributed by atoms with Crippen molar-refractivity contribution in [1.29, 1.82) is 0 Å². The minimum Gasteiger partial charge on any atom is -0.393 e. The molecular formula is C51H96NO12P. The molecule has 9 N–H and O–H groups in total. The Labute approximate surface area is 394 Å². The van der Waals surface area contributed by atoms with Crippen LogP contribution < -0.4 is 5.32 Å². The lowest BCUT2D eigenvalue weighted by molar-refractivity contribution is -0.220. The fourth-order valence-electron chi connectivity index (χ4n) is 8.19. The average Bonchev–Trinajstić information content (AvgIpc) is 3.28. The Morgan fingerprint density at radius 3 is 1.35 bits per heavy atom. The molecule has 1 amide bonds. The van der Waals surface area contributed by atoms with Gasteiger partial charge in [0.25, 0.3) is 0 Å². The molecule has 1 rings (SSSR count). The predicted molar refractivity (Wildman–Crippen MR) is 261 cm³/mol. The maximum absolute atomic E-state index is 13.0. The number of carbonyl (C=O) groups excluding carboxylic acids is 1. The van der Waals surface area contributed by atoms with Crippen LogP contribution in [0.5, 0.6) is 0 Å². The van der Waals surface area contributed by atoms with Gasteiger partial charge in [0.2, 0.25) is 5.91 Å². The molecule has 1 saturated carbocycles. The quantitative estimate of drug-likeness (QED) is 0.0158. The number of allylic oxidation sites excluding steroid dienone is 5. The summed E-state index contributed by atoms with van der Waals surface area (Å²) in [6, 6.07) is -1.26. The molecule has 0 aromatic rings. The van der Waals surface area contributed by atoms with Crippen LogP contribution in [0.15, 0.2) is 36.5 Å². The van der Waals surface area contributed by atoms with Crippen LogP contribution in [-0.4, -0.2) is 108 Å². The molecule has 13 nitrogen and oxygen atoms in total. The summed E-state index contributed by atoms with van der Waals surface area (Å²) in [4.78, 5) is 23.5. The minimum atomic E-state index is -5.15. The highest BCUT2D eigenvalue weighted by atomic mass is 31.2. The van der Waals surface area contributed by atoms with Crippen LogP contribution in [0.25, 0.3) is 0 Å². The highest BCUT2D eigenvalue weighted by Gasteiger charge is 2.51. The molecule has 0 spiro atoms. The molecule has 0 radical (unpaired) electrons. The number of phosphoric ester groups is 1. The summed E-state index contributed by atoms with van der Waals surface area (Å²) in [5.41, 5.74) is 0. The third kappa shape index (κ3) is 32.1. The molecule has 0 saturated heterocycles. The third-order valence-electron chi connectivity index (χ3n) is 12.4. The Morgan fingerprint density at radius 1 is 0.538 bits per heavy atom. The summed E-state index contributed by atoms with van der Waals surface area (Å²) in [5, 5.41) is 74.6. The molecule has 0 bridgehead atoms. The van der Waals surface area contributed by atoms with E-state index in [1.54, 1.807) is 6.08 Å². The van der Waals surface area contributed by atoms with E-state index in [0.717, 1.165) is 64.2 Å².